The number of rotatable bonds is 2. The lowest BCUT2D eigenvalue weighted by molar-refractivity contribution is 0.169. The number of aromatic nitrogens is 2. The third kappa shape index (κ3) is 2.04. The summed E-state index contributed by atoms with van der Waals surface area (Å²) < 4.78 is 0. The highest BCUT2D eigenvalue weighted by Gasteiger charge is 2.38. The van der Waals surface area contributed by atoms with Gasteiger partial charge in [0.05, 0.1) is 11.0 Å². The average molecular weight is 268 g/mol. The predicted molar refractivity (Wildman–Crippen MR) is 80.8 cm³/mol. The van der Waals surface area contributed by atoms with E-state index in [1.165, 1.54) is 31.4 Å². The van der Waals surface area contributed by atoms with Crippen molar-refractivity contribution < 1.29 is 0 Å². The molecule has 4 heteroatoms. The molecular weight excluding hydrogens is 248 g/mol. The van der Waals surface area contributed by atoms with Crippen LogP contribution in [0.4, 0.5) is 5.69 Å². The summed E-state index contributed by atoms with van der Waals surface area (Å²) in [6.07, 6.45) is 8.73. The lowest BCUT2D eigenvalue weighted by Gasteiger charge is -2.37. The highest BCUT2D eigenvalue weighted by molar-refractivity contribution is 5.78. The highest BCUT2D eigenvalue weighted by Crippen LogP contribution is 2.35. The van der Waals surface area contributed by atoms with Crippen LogP contribution in [-0.4, -0.2) is 40.0 Å². The fraction of sp³-hybridized carbons (Fsp3) is 0.500. The van der Waals surface area contributed by atoms with E-state index in [9.17, 15) is 0 Å². The summed E-state index contributed by atoms with van der Waals surface area (Å²) in [5.74, 6) is 0. The summed E-state index contributed by atoms with van der Waals surface area (Å²) in [5, 5.41) is 3.70. The summed E-state index contributed by atoms with van der Waals surface area (Å²) in [5.41, 5.74) is 3.10. The van der Waals surface area contributed by atoms with E-state index in [4.69, 9.17) is 0 Å². The highest BCUT2D eigenvalue weighted by atomic mass is 15.2. The van der Waals surface area contributed by atoms with Gasteiger partial charge in [0, 0.05) is 36.2 Å². The first-order chi connectivity index (χ1) is 9.79. The molecule has 0 amide bonds. The zero-order valence-electron chi connectivity index (χ0n) is 11.8. The third-order valence-corrected chi connectivity index (χ3v) is 4.94. The van der Waals surface area contributed by atoms with Crippen molar-refractivity contribution in [2.45, 2.75) is 43.8 Å². The van der Waals surface area contributed by atoms with Crippen molar-refractivity contribution >= 4 is 16.7 Å². The van der Waals surface area contributed by atoms with Gasteiger partial charge in [-0.1, -0.05) is 0 Å². The smallest absolute Gasteiger partial charge is 0.0907 e. The van der Waals surface area contributed by atoms with Gasteiger partial charge in [0.15, 0.2) is 0 Å². The van der Waals surface area contributed by atoms with Gasteiger partial charge in [-0.15, -0.1) is 0 Å². The van der Waals surface area contributed by atoms with Crippen molar-refractivity contribution in [1.82, 2.24) is 14.9 Å². The van der Waals surface area contributed by atoms with E-state index < -0.39 is 0 Å². The van der Waals surface area contributed by atoms with Crippen molar-refractivity contribution in [3.63, 3.8) is 0 Å². The minimum Gasteiger partial charge on any atom is -0.382 e. The molecule has 0 radical (unpaired) electrons. The molecule has 1 aromatic heterocycles. The van der Waals surface area contributed by atoms with Gasteiger partial charge in [-0.25, -0.2) is 0 Å². The number of hydrogen-bond acceptors (Lipinski definition) is 4. The van der Waals surface area contributed by atoms with Gasteiger partial charge in [0.25, 0.3) is 0 Å². The molecule has 4 nitrogen and oxygen atoms in total. The van der Waals surface area contributed by atoms with Crippen molar-refractivity contribution in [2.24, 2.45) is 0 Å². The minimum absolute atomic E-state index is 0.595. The van der Waals surface area contributed by atoms with Crippen LogP contribution in [-0.2, 0) is 0 Å². The topological polar surface area (TPSA) is 41.0 Å². The van der Waals surface area contributed by atoms with E-state index in [1.807, 2.05) is 6.07 Å². The lowest BCUT2D eigenvalue weighted by Crippen LogP contribution is -2.44. The molecule has 1 N–H and O–H groups in total. The Hall–Kier alpha value is -1.68. The molecule has 2 aromatic rings. The molecule has 3 heterocycles. The maximum Gasteiger partial charge on any atom is 0.0907 e. The number of fused-ring (bicyclic) bond motifs is 3. The van der Waals surface area contributed by atoms with Gasteiger partial charge in [-0.3, -0.25) is 9.97 Å². The van der Waals surface area contributed by atoms with Crippen molar-refractivity contribution in [3.05, 3.63) is 30.6 Å². The second-order valence-corrected chi connectivity index (χ2v) is 6.12. The van der Waals surface area contributed by atoms with Crippen molar-refractivity contribution in [2.75, 3.05) is 12.4 Å². The molecule has 0 aliphatic carbocycles. The SMILES string of the molecule is CN1C2CCC1CC(Nc1ccc3nccnc3c1)C2. The maximum absolute atomic E-state index is 4.38. The molecule has 104 valence electrons. The first-order valence-corrected chi connectivity index (χ1v) is 7.49. The standard InChI is InChI=1S/C16H20N4/c1-20-13-3-4-14(20)9-12(8-13)19-11-2-5-15-16(10-11)18-7-6-17-15/h2,5-7,10,12-14,19H,3-4,8-9H2,1H3. The molecule has 2 aliphatic heterocycles. The van der Waals surface area contributed by atoms with E-state index in [0.717, 1.165) is 23.1 Å². The average Bonchev–Trinajstić information content (AvgIpc) is 2.70. The molecule has 2 fully saturated rings. The number of nitrogens with zero attached hydrogens (tertiary/aromatic N) is 3. The summed E-state index contributed by atoms with van der Waals surface area (Å²) in [6, 6.07) is 8.42. The van der Waals surface area contributed by atoms with Gasteiger partial charge < -0.3 is 10.2 Å². The number of nitrogens with one attached hydrogen (secondary N) is 1. The van der Waals surface area contributed by atoms with E-state index in [2.05, 4.69) is 39.4 Å². The molecule has 2 aliphatic rings. The van der Waals surface area contributed by atoms with Crippen LogP contribution >= 0.6 is 0 Å². The quantitative estimate of drug-likeness (QED) is 0.909. The van der Waals surface area contributed by atoms with Crippen LogP contribution < -0.4 is 5.32 Å². The molecule has 0 spiro atoms. The Kier molecular flexibility index (Phi) is 2.84. The van der Waals surface area contributed by atoms with Crippen LogP contribution in [0.25, 0.3) is 11.0 Å². The van der Waals surface area contributed by atoms with Crippen LogP contribution in [0.15, 0.2) is 30.6 Å². The Morgan fingerprint density at radius 2 is 1.75 bits per heavy atom. The molecular formula is C16H20N4. The molecule has 2 bridgehead atoms. The van der Waals surface area contributed by atoms with Gasteiger partial charge in [-0.05, 0) is 50.9 Å². The second-order valence-electron chi connectivity index (χ2n) is 6.12. The second kappa shape index (κ2) is 4.70. The Balaban J connectivity index is 1.53. The van der Waals surface area contributed by atoms with E-state index in [-0.39, 0.29) is 0 Å². The number of benzene rings is 1. The zero-order chi connectivity index (χ0) is 13.5. The molecule has 2 atom stereocenters. The summed E-state index contributed by atoms with van der Waals surface area (Å²) in [6.45, 7) is 0. The maximum atomic E-state index is 4.38. The fourth-order valence-electron chi connectivity index (χ4n) is 3.82. The summed E-state index contributed by atoms with van der Waals surface area (Å²) >= 11 is 0. The van der Waals surface area contributed by atoms with E-state index >= 15 is 0 Å². The van der Waals surface area contributed by atoms with E-state index in [1.54, 1.807) is 12.4 Å². The molecule has 4 rings (SSSR count). The van der Waals surface area contributed by atoms with Crippen LogP contribution in [0.1, 0.15) is 25.7 Å². The lowest BCUT2D eigenvalue weighted by atomic mass is 9.98. The van der Waals surface area contributed by atoms with Gasteiger partial charge in [0.1, 0.15) is 0 Å². The van der Waals surface area contributed by atoms with Crippen molar-refractivity contribution in [1.29, 1.82) is 0 Å². The van der Waals surface area contributed by atoms with Crippen LogP contribution in [0.5, 0.6) is 0 Å². The zero-order valence-corrected chi connectivity index (χ0v) is 11.8. The van der Waals surface area contributed by atoms with Crippen molar-refractivity contribution in [3.8, 4) is 0 Å². The Morgan fingerprint density at radius 1 is 1.05 bits per heavy atom. The Morgan fingerprint density at radius 3 is 2.50 bits per heavy atom. The molecule has 2 unspecified atom stereocenters. The normalized spacial score (nSPS) is 29.8. The predicted octanol–water partition coefficient (Wildman–Crippen LogP) is 2.67. The van der Waals surface area contributed by atoms with Gasteiger partial charge >= 0.3 is 0 Å². The van der Waals surface area contributed by atoms with Crippen LogP contribution in [0, 0.1) is 0 Å². The van der Waals surface area contributed by atoms with Crippen LogP contribution in [0.3, 0.4) is 0 Å². The summed E-state index contributed by atoms with van der Waals surface area (Å²) in [7, 11) is 2.28. The largest absolute Gasteiger partial charge is 0.382 e. The first-order valence-electron chi connectivity index (χ1n) is 7.49. The van der Waals surface area contributed by atoms with Gasteiger partial charge in [-0.2, -0.15) is 0 Å². The molecule has 20 heavy (non-hydrogen) atoms. The number of anilines is 1. The number of hydrogen-bond donors (Lipinski definition) is 1. The monoisotopic (exact) mass is 268 g/mol. The fourth-order valence-corrected chi connectivity index (χ4v) is 3.82. The van der Waals surface area contributed by atoms with E-state index in [0.29, 0.717) is 6.04 Å². The number of piperidine rings is 1. The first kappa shape index (κ1) is 12.1. The Labute approximate surface area is 119 Å². The minimum atomic E-state index is 0.595. The molecule has 0 saturated carbocycles. The summed E-state index contributed by atoms with van der Waals surface area (Å²) in [4.78, 5) is 11.3. The van der Waals surface area contributed by atoms with Crippen LogP contribution in [0.2, 0.25) is 0 Å². The Bertz CT molecular complexity index is 613. The van der Waals surface area contributed by atoms with Gasteiger partial charge in [0.2, 0.25) is 0 Å². The third-order valence-electron chi connectivity index (χ3n) is 4.94. The molecule has 1 aromatic carbocycles. The molecule has 2 saturated heterocycles.